The van der Waals surface area contributed by atoms with E-state index < -0.39 is 0 Å². The normalized spacial score (nSPS) is 28.7. The van der Waals surface area contributed by atoms with Crippen LogP contribution in [0, 0.1) is 0 Å². The summed E-state index contributed by atoms with van der Waals surface area (Å²) in [5, 5.41) is 0.881. The van der Waals surface area contributed by atoms with Crippen LogP contribution >= 0.6 is 11.6 Å². The average molecular weight is 324 g/mol. The Kier molecular flexibility index (Phi) is 3.11. The number of fused-ring (bicyclic) bond motifs is 8. The summed E-state index contributed by atoms with van der Waals surface area (Å²) < 4.78 is 0. The lowest BCUT2D eigenvalue weighted by molar-refractivity contribution is 0.193. The standard InChI is InChI=1S/C21H22ClN/c22-15-8-9-17-18-13-21(20(17)12-15,14-23-10-4-1-5-11-23)19-7-3-2-6-16(18)19/h2-3,6-9,12,18H,1,4-5,10-11,13-14H2. The topological polar surface area (TPSA) is 3.24 Å². The molecule has 2 aromatic carbocycles. The summed E-state index contributed by atoms with van der Waals surface area (Å²) >= 11 is 6.38. The van der Waals surface area contributed by atoms with Crippen molar-refractivity contribution >= 4 is 11.6 Å². The molecule has 1 saturated heterocycles. The largest absolute Gasteiger partial charge is 0.302 e. The van der Waals surface area contributed by atoms with Gasteiger partial charge in [0.2, 0.25) is 0 Å². The Morgan fingerprint density at radius 2 is 1.74 bits per heavy atom. The van der Waals surface area contributed by atoms with Gasteiger partial charge in [0.25, 0.3) is 0 Å². The van der Waals surface area contributed by atoms with Gasteiger partial charge in [-0.3, -0.25) is 0 Å². The highest BCUT2D eigenvalue weighted by Crippen LogP contribution is 2.60. The van der Waals surface area contributed by atoms with Crippen molar-refractivity contribution in [2.24, 2.45) is 0 Å². The van der Waals surface area contributed by atoms with E-state index >= 15 is 0 Å². The number of piperidine rings is 1. The van der Waals surface area contributed by atoms with Crippen molar-refractivity contribution in [3.8, 4) is 0 Å². The van der Waals surface area contributed by atoms with Gasteiger partial charge in [0.05, 0.1) is 0 Å². The van der Waals surface area contributed by atoms with E-state index in [0.29, 0.717) is 5.92 Å². The highest BCUT2D eigenvalue weighted by Gasteiger charge is 2.53. The Labute approximate surface area is 143 Å². The number of hydrogen-bond acceptors (Lipinski definition) is 1. The number of rotatable bonds is 2. The van der Waals surface area contributed by atoms with Crippen LogP contribution < -0.4 is 0 Å². The summed E-state index contributed by atoms with van der Waals surface area (Å²) in [7, 11) is 0. The first-order valence-electron chi connectivity index (χ1n) is 8.90. The van der Waals surface area contributed by atoms with Gasteiger partial charge in [-0.05, 0) is 66.7 Å². The SMILES string of the molecule is Clc1ccc2c(c1)C1(CN3CCCCC3)CC2c2ccccc21. The van der Waals surface area contributed by atoms with Crippen LogP contribution in [0.5, 0.6) is 0 Å². The lowest BCUT2D eigenvalue weighted by atomic mass is 9.74. The molecular formula is C21H22ClN. The molecule has 2 atom stereocenters. The van der Waals surface area contributed by atoms with Gasteiger partial charge >= 0.3 is 0 Å². The molecule has 2 bridgehead atoms. The molecule has 0 aromatic heterocycles. The summed E-state index contributed by atoms with van der Waals surface area (Å²) in [4.78, 5) is 2.69. The molecule has 0 saturated carbocycles. The van der Waals surface area contributed by atoms with Crippen LogP contribution in [0.4, 0.5) is 0 Å². The minimum absolute atomic E-state index is 0.166. The molecule has 5 rings (SSSR count). The molecule has 2 unspecified atom stereocenters. The molecule has 23 heavy (non-hydrogen) atoms. The molecule has 1 aliphatic heterocycles. The van der Waals surface area contributed by atoms with E-state index in [0.717, 1.165) is 11.6 Å². The van der Waals surface area contributed by atoms with Gasteiger partial charge in [0.1, 0.15) is 0 Å². The predicted molar refractivity (Wildman–Crippen MR) is 95.4 cm³/mol. The summed E-state index contributed by atoms with van der Waals surface area (Å²) in [6, 6.07) is 15.7. The van der Waals surface area contributed by atoms with Gasteiger partial charge in [-0.15, -0.1) is 0 Å². The van der Waals surface area contributed by atoms with Gasteiger partial charge in [0.15, 0.2) is 0 Å². The van der Waals surface area contributed by atoms with E-state index in [2.05, 4.69) is 47.4 Å². The quantitative estimate of drug-likeness (QED) is 0.755. The van der Waals surface area contributed by atoms with Gasteiger partial charge in [-0.25, -0.2) is 0 Å². The number of likely N-dealkylation sites (tertiary alicyclic amines) is 1. The van der Waals surface area contributed by atoms with Crippen molar-refractivity contribution in [3.63, 3.8) is 0 Å². The molecule has 1 fully saturated rings. The third kappa shape index (κ3) is 1.96. The van der Waals surface area contributed by atoms with Gasteiger partial charge in [0, 0.05) is 22.9 Å². The number of halogens is 1. The Bertz CT molecular complexity index is 762. The van der Waals surface area contributed by atoms with Crippen LogP contribution in [0.3, 0.4) is 0 Å². The minimum atomic E-state index is 0.166. The fraction of sp³-hybridized carbons (Fsp3) is 0.429. The Balaban J connectivity index is 1.65. The molecule has 0 radical (unpaired) electrons. The number of benzene rings is 2. The fourth-order valence-corrected chi connectivity index (χ4v) is 5.49. The van der Waals surface area contributed by atoms with Gasteiger partial charge < -0.3 is 4.90 Å². The highest BCUT2D eigenvalue weighted by molar-refractivity contribution is 6.30. The molecule has 1 nitrogen and oxygen atoms in total. The van der Waals surface area contributed by atoms with Crippen molar-refractivity contribution < 1.29 is 0 Å². The summed E-state index contributed by atoms with van der Waals surface area (Å²) in [5.41, 5.74) is 6.30. The molecule has 0 spiro atoms. The zero-order chi connectivity index (χ0) is 15.4. The van der Waals surface area contributed by atoms with Crippen LogP contribution in [0.25, 0.3) is 0 Å². The maximum Gasteiger partial charge on any atom is 0.0409 e. The highest BCUT2D eigenvalue weighted by atomic mass is 35.5. The third-order valence-electron chi connectivity index (χ3n) is 6.25. The van der Waals surface area contributed by atoms with Crippen LogP contribution in [0.1, 0.15) is 53.9 Å². The third-order valence-corrected chi connectivity index (χ3v) is 6.49. The van der Waals surface area contributed by atoms with E-state index in [4.69, 9.17) is 11.6 Å². The zero-order valence-corrected chi connectivity index (χ0v) is 14.1. The maximum absolute atomic E-state index is 6.38. The smallest absolute Gasteiger partial charge is 0.0409 e. The van der Waals surface area contributed by atoms with Crippen LogP contribution in [-0.4, -0.2) is 24.5 Å². The van der Waals surface area contributed by atoms with E-state index in [-0.39, 0.29) is 5.41 Å². The van der Waals surface area contributed by atoms with E-state index in [1.165, 1.54) is 49.9 Å². The lowest BCUT2D eigenvalue weighted by Gasteiger charge is -2.38. The van der Waals surface area contributed by atoms with Gasteiger partial charge in [-0.1, -0.05) is 48.4 Å². The zero-order valence-electron chi connectivity index (χ0n) is 13.4. The summed E-state index contributed by atoms with van der Waals surface area (Å²) in [6.07, 6.45) is 5.33. The second-order valence-electron chi connectivity index (χ2n) is 7.49. The molecule has 2 aliphatic carbocycles. The summed E-state index contributed by atoms with van der Waals surface area (Å²) in [6.45, 7) is 3.67. The van der Waals surface area contributed by atoms with E-state index in [9.17, 15) is 0 Å². The van der Waals surface area contributed by atoms with Crippen LogP contribution in [0.2, 0.25) is 5.02 Å². The second-order valence-corrected chi connectivity index (χ2v) is 7.93. The van der Waals surface area contributed by atoms with Crippen molar-refractivity contribution in [2.75, 3.05) is 19.6 Å². The maximum atomic E-state index is 6.38. The first-order valence-corrected chi connectivity index (χ1v) is 9.27. The van der Waals surface area contributed by atoms with Crippen molar-refractivity contribution in [1.29, 1.82) is 0 Å². The van der Waals surface area contributed by atoms with Crippen molar-refractivity contribution in [1.82, 2.24) is 4.90 Å². The number of hydrogen-bond donors (Lipinski definition) is 0. The Morgan fingerprint density at radius 1 is 0.957 bits per heavy atom. The molecule has 3 aliphatic rings. The molecule has 2 heteroatoms. The van der Waals surface area contributed by atoms with Crippen molar-refractivity contribution in [2.45, 2.75) is 37.0 Å². The predicted octanol–water partition coefficient (Wildman–Crippen LogP) is 4.96. The Morgan fingerprint density at radius 3 is 2.61 bits per heavy atom. The van der Waals surface area contributed by atoms with E-state index in [1.807, 2.05) is 0 Å². The minimum Gasteiger partial charge on any atom is -0.302 e. The first kappa shape index (κ1) is 14.1. The lowest BCUT2D eigenvalue weighted by Crippen LogP contribution is -2.42. The molecular weight excluding hydrogens is 302 g/mol. The second kappa shape index (κ2) is 5.09. The van der Waals surface area contributed by atoms with Crippen LogP contribution in [0.15, 0.2) is 42.5 Å². The average Bonchev–Trinajstić information content (AvgIpc) is 3.07. The number of nitrogens with zero attached hydrogens (tertiary/aromatic N) is 1. The van der Waals surface area contributed by atoms with E-state index in [1.54, 1.807) is 11.1 Å². The molecule has 118 valence electrons. The molecule has 2 aromatic rings. The van der Waals surface area contributed by atoms with Crippen molar-refractivity contribution in [3.05, 3.63) is 69.7 Å². The monoisotopic (exact) mass is 323 g/mol. The summed E-state index contributed by atoms with van der Waals surface area (Å²) in [5.74, 6) is 0.572. The van der Waals surface area contributed by atoms with Gasteiger partial charge in [-0.2, -0.15) is 0 Å². The molecule has 1 heterocycles. The van der Waals surface area contributed by atoms with Crippen LogP contribution in [-0.2, 0) is 5.41 Å². The first-order chi connectivity index (χ1) is 11.3. The molecule has 0 N–H and O–H groups in total. The fourth-order valence-electron chi connectivity index (χ4n) is 5.32. The Hall–Kier alpha value is -1.31. The molecule has 0 amide bonds.